The van der Waals surface area contributed by atoms with Crippen LogP contribution in [-0.2, 0) is 9.53 Å². The van der Waals surface area contributed by atoms with Gasteiger partial charge in [-0.1, -0.05) is 29.8 Å². The Morgan fingerprint density at radius 3 is 2.67 bits per heavy atom. The molecule has 0 bridgehead atoms. The van der Waals surface area contributed by atoms with Crippen molar-refractivity contribution in [1.29, 1.82) is 0 Å². The summed E-state index contributed by atoms with van der Waals surface area (Å²) in [5.74, 6) is 0.269. The second-order valence-corrected chi connectivity index (χ2v) is 6.14. The number of rotatable bonds is 7. The minimum atomic E-state index is -0.310. The van der Waals surface area contributed by atoms with E-state index in [1.165, 1.54) is 6.08 Å². The summed E-state index contributed by atoms with van der Waals surface area (Å²) in [6.07, 6.45) is 3.30. The summed E-state index contributed by atoms with van der Waals surface area (Å²) in [7, 11) is 0. The Labute approximate surface area is 136 Å². The van der Waals surface area contributed by atoms with Gasteiger partial charge in [-0.25, -0.2) is 4.79 Å². The van der Waals surface area contributed by atoms with Crippen LogP contribution >= 0.6 is 15.9 Å². The van der Waals surface area contributed by atoms with Gasteiger partial charge in [0.15, 0.2) is 0 Å². The van der Waals surface area contributed by atoms with Gasteiger partial charge < -0.3 is 9.64 Å². The van der Waals surface area contributed by atoms with Gasteiger partial charge in [-0.3, -0.25) is 0 Å². The van der Waals surface area contributed by atoms with Crippen LogP contribution in [0.15, 0.2) is 28.7 Å². The third kappa shape index (κ3) is 5.92. The van der Waals surface area contributed by atoms with E-state index >= 15 is 0 Å². The second-order valence-electron chi connectivity index (χ2n) is 5.22. The summed E-state index contributed by atoms with van der Waals surface area (Å²) in [6, 6.07) is 6.13. The quantitative estimate of drug-likeness (QED) is 0.533. The summed E-state index contributed by atoms with van der Waals surface area (Å²) < 4.78 is 5.93. The minimum absolute atomic E-state index is 0.310. The summed E-state index contributed by atoms with van der Waals surface area (Å²) in [5.41, 5.74) is 2.15. The van der Waals surface area contributed by atoms with Crippen LogP contribution in [-0.4, -0.2) is 25.7 Å². The molecule has 3 nitrogen and oxygen atoms in total. The van der Waals surface area contributed by atoms with Crippen LogP contribution in [0.25, 0.3) is 6.08 Å². The number of hydrogen-bond acceptors (Lipinski definition) is 3. The van der Waals surface area contributed by atoms with E-state index in [-0.39, 0.29) is 5.97 Å². The predicted octanol–water partition coefficient (Wildman–Crippen LogP) is 4.51. The van der Waals surface area contributed by atoms with E-state index in [0.29, 0.717) is 12.5 Å². The molecule has 0 aromatic heterocycles. The number of anilines is 1. The molecule has 0 spiro atoms. The van der Waals surface area contributed by atoms with E-state index in [2.05, 4.69) is 47.7 Å². The summed E-state index contributed by atoms with van der Waals surface area (Å²) in [5, 5.41) is 0. The standard InChI is InChI=1S/C17H24BrNO2/c1-5-19(12-13(3)4)16-9-8-15(18)11-14(16)7-10-17(20)21-6-2/h7-11,13H,5-6,12H2,1-4H3. The first-order valence-electron chi connectivity index (χ1n) is 7.37. The molecule has 0 heterocycles. The van der Waals surface area contributed by atoms with Gasteiger partial charge in [0.2, 0.25) is 0 Å². The highest BCUT2D eigenvalue weighted by atomic mass is 79.9. The van der Waals surface area contributed by atoms with Crippen molar-refractivity contribution in [3.8, 4) is 0 Å². The van der Waals surface area contributed by atoms with Gasteiger partial charge in [-0.15, -0.1) is 0 Å². The van der Waals surface area contributed by atoms with Gasteiger partial charge >= 0.3 is 5.97 Å². The number of benzene rings is 1. The Hall–Kier alpha value is -1.29. The molecule has 1 aromatic carbocycles. The van der Waals surface area contributed by atoms with Crippen molar-refractivity contribution < 1.29 is 9.53 Å². The molecular formula is C17H24BrNO2. The highest BCUT2D eigenvalue weighted by Gasteiger charge is 2.10. The van der Waals surface area contributed by atoms with E-state index < -0.39 is 0 Å². The Morgan fingerprint density at radius 2 is 2.10 bits per heavy atom. The third-order valence-electron chi connectivity index (χ3n) is 2.98. The molecule has 0 N–H and O–H groups in total. The Morgan fingerprint density at radius 1 is 1.38 bits per heavy atom. The topological polar surface area (TPSA) is 29.5 Å². The SMILES string of the molecule is CCOC(=O)C=Cc1cc(Br)ccc1N(CC)CC(C)C. The molecule has 21 heavy (non-hydrogen) atoms. The highest BCUT2D eigenvalue weighted by Crippen LogP contribution is 2.26. The van der Waals surface area contributed by atoms with Crippen molar-refractivity contribution in [3.05, 3.63) is 34.3 Å². The molecule has 0 aliphatic heterocycles. The molecule has 1 rings (SSSR count). The third-order valence-corrected chi connectivity index (χ3v) is 3.48. The van der Waals surface area contributed by atoms with Crippen LogP contribution in [0.4, 0.5) is 5.69 Å². The fraction of sp³-hybridized carbons (Fsp3) is 0.471. The molecular weight excluding hydrogens is 330 g/mol. The van der Waals surface area contributed by atoms with Crippen LogP contribution in [0.5, 0.6) is 0 Å². The van der Waals surface area contributed by atoms with Crippen molar-refractivity contribution >= 4 is 33.7 Å². The summed E-state index contributed by atoms with van der Waals surface area (Å²) >= 11 is 3.49. The predicted molar refractivity (Wildman–Crippen MR) is 92.5 cm³/mol. The van der Waals surface area contributed by atoms with Gasteiger partial charge in [0.05, 0.1) is 6.61 Å². The number of nitrogens with zero attached hydrogens (tertiary/aromatic N) is 1. The van der Waals surface area contributed by atoms with Crippen molar-refractivity contribution in [2.75, 3.05) is 24.6 Å². The van der Waals surface area contributed by atoms with E-state index in [1.54, 1.807) is 6.92 Å². The monoisotopic (exact) mass is 353 g/mol. The summed E-state index contributed by atoms with van der Waals surface area (Å²) in [6.45, 7) is 10.7. The normalized spacial score (nSPS) is 11.1. The molecule has 0 amide bonds. The van der Waals surface area contributed by atoms with Crippen molar-refractivity contribution in [3.63, 3.8) is 0 Å². The lowest BCUT2D eigenvalue weighted by Gasteiger charge is -2.27. The van der Waals surface area contributed by atoms with Crippen molar-refractivity contribution in [1.82, 2.24) is 0 Å². The first kappa shape index (κ1) is 17.8. The molecule has 0 unspecified atom stereocenters. The smallest absolute Gasteiger partial charge is 0.330 e. The Kier molecular flexibility index (Phi) is 7.51. The second kappa shape index (κ2) is 8.88. The Bertz CT molecular complexity index is 498. The molecule has 1 aromatic rings. The minimum Gasteiger partial charge on any atom is -0.463 e. The van der Waals surface area contributed by atoms with Crippen molar-refractivity contribution in [2.45, 2.75) is 27.7 Å². The van der Waals surface area contributed by atoms with Crippen LogP contribution in [0.3, 0.4) is 0 Å². The van der Waals surface area contributed by atoms with Crippen LogP contribution in [0.1, 0.15) is 33.3 Å². The maximum absolute atomic E-state index is 11.5. The number of carbonyl (C=O) groups is 1. The van der Waals surface area contributed by atoms with E-state index in [0.717, 1.165) is 28.8 Å². The molecule has 0 radical (unpaired) electrons. The number of halogens is 1. The first-order chi connectivity index (χ1) is 9.97. The number of esters is 1. The molecule has 0 aliphatic carbocycles. The molecule has 0 aliphatic rings. The average molecular weight is 354 g/mol. The van der Waals surface area contributed by atoms with Gasteiger partial charge in [0.1, 0.15) is 0 Å². The molecule has 0 saturated heterocycles. The number of hydrogen-bond donors (Lipinski definition) is 0. The molecule has 4 heteroatoms. The molecule has 0 atom stereocenters. The lowest BCUT2D eigenvalue weighted by Crippen LogP contribution is -2.27. The molecule has 0 saturated carbocycles. The Balaban J connectivity index is 3.06. The fourth-order valence-electron chi connectivity index (χ4n) is 2.13. The van der Waals surface area contributed by atoms with Crippen LogP contribution in [0, 0.1) is 5.92 Å². The number of ether oxygens (including phenoxy) is 1. The largest absolute Gasteiger partial charge is 0.463 e. The summed E-state index contributed by atoms with van der Waals surface area (Å²) in [4.78, 5) is 13.8. The van der Waals surface area contributed by atoms with E-state index in [1.807, 2.05) is 18.2 Å². The zero-order valence-corrected chi connectivity index (χ0v) is 14.8. The van der Waals surface area contributed by atoms with E-state index in [4.69, 9.17) is 4.74 Å². The van der Waals surface area contributed by atoms with E-state index in [9.17, 15) is 4.79 Å². The highest BCUT2D eigenvalue weighted by molar-refractivity contribution is 9.10. The van der Waals surface area contributed by atoms with Crippen LogP contribution in [0.2, 0.25) is 0 Å². The maximum atomic E-state index is 11.5. The maximum Gasteiger partial charge on any atom is 0.330 e. The lowest BCUT2D eigenvalue weighted by molar-refractivity contribution is -0.137. The fourth-order valence-corrected chi connectivity index (χ4v) is 2.51. The first-order valence-corrected chi connectivity index (χ1v) is 8.16. The zero-order chi connectivity index (χ0) is 15.8. The molecule has 116 valence electrons. The van der Waals surface area contributed by atoms with Gasteiger partial charge in [-0.05, 0) is 49.6 Å². The molecule has 0 fully saturated rings. The van der Waals surface area contributed by atoms with Gasteiger partial charge in [0, 0.05) is 29.3 Å². The van der Waals surface area contributed by atoms with Gasteiger partial charge in [-0.2, -0.15) is 0 Å². The average Bonchev–Trinajstić information content (AvgIpc) is 2.43. The zero-order valence-electron chi connectivity index (χ0n) is 13.2. The van der Waals surface area contributed by atoms with Gasteiger partial charge in [0.25, 0.3) is 0 Å². The number of carbonyl (C=O) groups excluding carboxylic acids is 1. The lowest BCUT2D eigenvalue weighted by atomic mass is 10.1. The van der Waals surface area contributed by atoms with Crippen molar-refractivity contribution in [2.24, 2.45) is 5.92 Å². The van der Waals surface area contributed by atoms with Crippen LogP contribution < -0.4 is 4.90 Å².